The van der Waals surface area contributed by atoms with Crippen molar-refractivity contribution < 1.29 is 38.9 Å². The lowest BCUT2D eigenvalue weighted by molar-refractivity contribution is -0.179. The Bertz CT molecular complexity index is 2390. The number of carboxylic acids is 2. The summed E-state index contributed by atoms with van der Waals surface area (Å²) in [5.74, 6) is -1.76. The van der Waals surface area contributed by atoms with E-state index in [1.54, 1.807) is 12.1 Å². The second-order valence-corrected chi connectivity index (χ2v) is 17.7. The van der Waals surface area contributed by atoms with E-state index >= 15 is 0 Å². The van der Waals surface area contributed by atoms with Gasteiger partial charge in [-0.15, -0.1) is 0 Å². The lowest BCUT2D eigenvalue weighted by Gasteiger charge is -2.44. The first kappa shape index (κ1) is 41.7. The Morgan fingerprint density at radius 1 is 0.581 bits per heavy atom. The van der Waals surface area contributed by atoms with Crippen molar-refractivity contribution in [2.45, 2.75) is 75.0 Å². The Morgan fingerprint density at radius 3 is 1.34 bits per heavy atom. The number of benzene rings is 4. The number of ether oxygens (including phenoxy) is 2. The van der Waals surface area contributed by atoms with E-state index in [0.29, 0.717) is 35.0 Å². The molecule has 62 heavy (non-hydrogen) atoms. The summed E-state index contributed by atoms with van der Waals surface area (Å²) < 4.78 is 12.4. The van der Waals surface area contributed by atoms with Gasteiger partial charge in [0.25, 0.3) is 11.8 Å². The van der Waals surface area contributed by atoms with Gasteiger partial charge in [-0.05, 0) is 108 Å². The predicted octanol–water partition coefficient (Wildman–Crippen LogP) is 9.43. The van der Waals surface area contributed by atoms with E-state index in [4.69, 9.17) is 32.7 Å². The molecule has 0 unspecified atom stereocenters. The quantitative estimate of drug-likeness (QED) is 0.0944. The fourth-order valence-corrected chi connectivity index (χ4v) is 9.20. The Kier molecular flexibility index (Phi) is 11.8. The van der Waals surface area contributed by atoms with Crippen LogP contribution < -0.4 is 0 Å². The number of hydrogen-bond acceptors (Lipinski definition) is 6. The van der Waals surface area contributed by atoms with E-state index in [1.807, 2.05) is 107 Å². The summed E-state index contributed by atoms with van der Waals surface area (Å²) >= 11 is 12.5. The highest BCUT2D eigenvalue weighted by atomic mass is 35.5. The zero-order valence-electron chi connectivity index (χ0n) is 33.7. The molecule has 2 saturated heterocycles. The highest BCUT2D eigenvalue weighted by Crippen LogP contribution is 2.47. The molecule has 4 fully saturated rings. The number of para-hydroxylation sites is 2. The number of morpholine rings is 2. The summed E-state index contributed by atoms with van der Waals surface area (Å²) in [5, 5.41) is 22.0. The number of aromatic nitrogens is 2. The molecule has 0 spiro atoms. The van der Waals surface area contributed by atoms with Crippen molar-refractivity contribution in [1.29, 1.82) is 0 Å². The summed E-state index contributed by atoms with van der Waals surface area (Å²) in [6, 6.07) is 33.9. The number of amides is 2. The molecule has 6 aromatic rings. The minimum Gasteiger partial charge on any atom is -0.481 e. The fraction of sp³-hybridized carbons (Fsp3) is 0.333. The molecule has 2 aromatic heterocycles. The Morgan fingerprint density at radius 2 is 0.984 bits per heavy atom. The number of nitrogens with zero attached hydrogens (tertiary/aromatic N) is 2. The summed E-state index contributed by atoms with van der Waals surface area (Å²) in [4.78, 5) is 60.2. The lowest BCUT2D eigenvalue weighted by Crippen LogP contribution is -2.52. The second kappa shape index (κ2) is 17.6. The number of carbonyl (C=O) groups excluding carboxylic acids is 2. The van der Waals surface area contributed by atoms with E-state index in [1.165, 1.54) is 0 Å². The number of carboxylic acid groups (broad SMARTS) is 2. The molecule has 4 aliphatic rings. The summed E-state index contributed by atoms with van der Waals surface area (Å²) in [6.45, 7) is 1.19. The molecule has 10 rings (SSSR count). The maximum Gasteiger partial charge on any atom is 0.306 e. The minimum absolute atomic E-state index is 0.267. The highest BCUT2D eigenvalue weighted by Gasteiger charge is 2.48. The van der Waals surface area contributed by atoms with Crippen LogP contribution in [0.5, 0.6) is 0 Å². The number of fused-ring (bicyclic) bond motifs is 2. The normalized spacial score (nSPS) is 24.0. The van der Waals surface area contributed by atoms with Crippen LogP contribution in [0.4, 0.5) is 0 Å². The fourth-order valence-electron chi connectivity index (χ4n) is 8.80. The maximum absolute atomic E-state index is 13.4. The van der Waals surface area contributed by atoms with Gasteiger partial charge in [-0.3, -0.25) is 19.2 Å². The molecule has 14 heteroatoms. The van der Waals surface area contributed by atoms with Gasteiger partial charge in [0.05, 0.1) is 12.8 Å². The lowest BCUT2D eigenvalue weighted by atomic mass is 9.94. The number of H-pyrrole nitrogens is 2. The Hall–Kier alpha value is -5.66. The number of carbonyl (C=O) groups is 4. The average Bonchev–Trinajstić information content (AvgIpc) is 4.17. The minimum atomic E-state index is -1.06. The van der Waals surface area contributed by atoms with Crippen molar-refractivity contribution >= 4 is 68.8 Å². The SMILES string of the molecule is O=C(O)C[C@@H]1O[C@H](c2cccc(Cl)c2)[C@@H](c2cc3ccccc3[nH]2)N(CC2CC2)C1=O.O=C(O)C[C@H]1O[C@H](c2cccc(Cl)c2)[C@@H](c2cc3ccccc3[nH]2)N(CC2CC2)C1=O. The molecular formula is C48H46Cl2N4O8. The number of halogens is 2. The molecule has 12 nitrogen and oxygen atoms in total. The molecule has 2 amide bonds. The van der Waals surface area contributed by atoms with Gasteiger partial charge < -0.3 is 39.5 Å². The largest absolute Gasteiger partial charge is 0.481 e. The highest BCUT2D eigenvalue weighted by molar-refractivity contribution is 6.30. The monoisotopic (exact) mass is 876 g/mol. The topological polar surface area (TPSA) is 165 Å². The van der Waals surface area contributed by atoms with Crippen molar-refractivity contribution in [3.63, 3.8) is 0 Å². The first-order valence-corrected chi connectivity index (χ1v) is 21.8. The van der Waals surface area contributed by atoms with Crippen LogP contribution in [0.25, 0.3) is 21.8 Å². The molecule has 6 atom stereocenters. The van der Waals surface area contributed by atoms with Crippen LogP contribution in [0.3, 0.4) is 0 Å². The van der Waals surface area contributed by atoms with Crippen molar-refractivity contribution in [2.75, 3.05) is 13.1 Å². The van der Waals surface area contributed by atoms with Crippen molar-refractivity contribution in [3.05, 3.63) is 142 Å². The number of nitrogens with one attached hydrogen (secondary N) is 2. The standard InChI is InChI=1S/2C24H23ClN2O4/c2*25-17-6-3-5-16(10-17)23-22(19-11-15-4-1-2-7-18(15)26-19)27(13-14-8-9-14)24(30)20(31-23)12-21(28)29/h2*1-7,10-11,14,20,22-23,26H,8-9,12-13H2,(H,28,29)/t20-,22+,23+;20-,22-,23-/m01/s1. The zero-order valence-corrected chi connectivity index (χ0v) is 35.2. The number of aliphatic carboxylic acids is 2. The molecule has 4 heterocycles. The molecule has 4 N–H and O–H groups in total. The van der Waals surface area contributed by atoms with Crippen LogP contribution in [-0.4, -0.2) is 79.0 Å². The van der Waals surface area contributed by atoms with Gasteiger partial charge in [0, 0.05) is 45.6 Å². The third kappa shape index (κ3) is 9.10. The molecule has 0 radical (unpaired) electrons. The summed E-state index contributed by atoms with van der Waals surface area (Å²) in [7, 11) is 0. The van der Waals surface area contributed by atoms with Crippen LogP contribution in [0.15, 0.2) is 109 Å². The summed E-state index contributed by atoms with van der Waals surface area (Å²) in [6.07, 6.45) is 0.463. The predicted molar refractivity (Wildman–Crippen MR) is 234 cm³/mol. The number of aromatic amines is 2. The molecule has 320 valence electrons. The third-order valence-electron chi connectivity index (χ3n) is 12.1. The van der Waals surface area contributed by atoms with E-state index in [0.717, 1.165) is 70.0 Å². The molecular weight excluding hydrogens is 831 g/mol. The zero-order chi connectivity index (χ0) is 43.1. The summed E-state index contributed by atoms with van der Waals surface area (Å²) in [5.41, 5.74) is 5.34. The van der Waals surface area contributed by atoms with E-state index in [2.05, 4.69) is 9.97 Å². The van der Waals surface area contributed by atoms with Crippen LogP contribution in [0.2, 0.25) is 10.0 Å². The van der Waals surface area contributed by atoms with Gasteiger partial charge in [-0.2, -0.15) is 0 Å². The second-order valence-electron chi connectivity index (χ2n) is 16.8. The number of hydrogen-bond donors (Lipinski definition) is 4. The molecule has 2 aliphatic carbocycles. The first-order chi connectivity index (χ1) is 30.0. The Balaban J connectivity index is 0.000000158. The van der Waals surface area contributed by atoms with Gasteiger partial charge >= 0.3 is 11.9 Å². The van der Waals surface area contributed by atoms with Gasteiger partial charge in [-0.25, -0.2) is 0 Å². The van der Waals surface area contributed by atoms with Gasteiger partial charge in [-0.1, -0.05) is 83.9 Å². The molecule has 0 bridgehead atoms. The third-order valence-corrected chi connectivity index (χ3v) is 12.6. The average molecular weight is 878 g/mol. The van der Waals surface area contributed by atoms with Crippen LogP contribution >= 0.6 is 23.2 Å². The molecule has 4 aromatic carbocycles. The molecule has 2 saturated carbocycles. The maximum atomic E-state index is 13.4. The van der Waals surface area contributed by atoms with Gasteiger partial charge in [0.15, 0.2) is 0 Å². The van der Waals surface area contributed by atoms with E-state index < -0.39 is 48.4 Å². The first-order valence-electron chi connectivity index (χ1n) is 21.0. The van der Waals surface area contributed by atoms with Crippen molar-refractivity contribution in [1.82, 2.24) is 19.8 Å². The van der Waals surface area contributed by atoms with E-state index in [9.17, 15) is 29.4 Å². The van der Waals surface area contributed by atoms with Crippen molar-refractivity contribution in [2.24, 2.45) is 11.8 Å². The molecule has 2 aliphatic heterocycles. The van der Waals surface area contributed by atoms with Gasteiger partial charge in [0.1, 0.15) is 36.5 Å². The smallest absolute Gasteiger partial charge is 0.306 e. The number of rotatable bonds is 12. The van der Waals surface area contributed by atoms with Crippen molar-refractivity contribution in [3.8, 4) is 0 Å². The van der Waals surface area contributed by atoms with Crippen LogP contribution in [0, 0.1) is 11.8 Å². The van der Waals surface area contributed by atoms with Crippen LogP contribution in [0.1, 0.15) is 85.3 Å². The van der Waals surface area contributed by atoms with Gasteiger partial charge in [0.2, 0.25) is 0 Å². The van der Waals surface area contributed by atoms with E-state index in [-0.39, 0.29) is 24.7 Å². The Labute approximate surface area is 367 Å². The van der Waals surface area contributed by atoms with Crippen LogP contribution in [-0.2, 0) is 28.7 Å².